The molecule has 6 atom stereocenters. The van der Waals surface area contributed by atoms with Gasteiger partial charge in [-0.15, -0.1) is 0 Å². The monoisotopic (exact) mass is 354 g/mol. The molecule has 1 aliphatic heterocycles. The zero-order valence-electron chi connectivity index (χ0n) is 15.8. The fourth-order valence-electron chi connectivity index (χ4n) is 6.64. The maximum atomic E-state index is 11.8. The van der Waals surface area contributed by atoms with E-state index in [1.165, 1.54) is 37.7 Å². The van der Waals surface area contributed by atoms with Crippen molar-refractivity contribution in [2.75, 3.05) is 13.2 Å². The van der Waals surface area contributed by atoms with E-state index >= 15 is 0 Å². The van der Waals surface area contributed by atoms with Crippen molar-refractivity contribution in [2.24, 2.45) is 28.6 Å². The van der Waals surface area contributed by atoms with Crippen LogP contribution in [0.5, 0.6) is 0 Å². The van der Waals surface area contributed by atoms with Crippen LogP contribution in [0.2, 0.25) is 0 Å². The molecule has 3 fully saturated rings. The van der Waals surface area contributed by atoms with Crippen LogP contribution in [0.1, 0.15) is 51.9 Å². The Balaban J connectivity index is 1.41. The highest BCUT2D eigenvalue weighted by atomic mass is 16.7. The SMILES string of the molecule is C[C@]12C=CC(=O)C=C1C=C[C@H]1[C@@H]3CCC[C@@]3(COC3CCCO3)CC[C@@H]12. The smallest absolute Gasteiger partial charge is 0.178 e. The first-order valence-electron chi connectivity index (χ1n) is 10.5. The number of hydrogen-bond donors (Lipinski definition) is 0. The number of ether oxygens (including phenoxy) is 2. The first-order chi connectivity index (χ1) is 12.6. The Morgan fingerprint density at radius 2 is 2.08 bits per heavy atom. The van der Waals surface area contributed by atoms with Gasteiger partial charge < -0.3 is 9.47 Å². The number of carbonyl (C=O) groups is 1. The first-order valence-corrected chi connectivity index (χ1v) is 10.5. The van der Waals surface area contributed by atoms with Gasteiger partial charge in [0.1, 0.15) is 0 Å². The molecule has 5 aliphatic rings. The van der Waals surface area contributed by atoms with E-state index < -0.39 is 0 Å². The standard InChI is InChI=1S/C23H30O3/c1-22-11-8-17(24)14-16(22)6-7-18-19(22)9-12-23(10-2-4-20(18)23)15-26-21-5-3-13-25-21/h6-8,11,14,18-21H,2-5,9-10,12-13,15H2,1H3/t18-,19+,20+,21?,22+,23+/m1/s1. The van der Waals surface area contributed by atoms with E-state index in [2.05, 4.69) is 25.2 Å². The molecule has 1 heterocycles. The van der Waals surface area contributed by atoms with Crippen LogP contribution in [-0.4, -0.2) is 25.3 Å². The third-order valence-electron chi connectivity index (χ3n) is 8.09. The normalized spacial score (nSPS) is 46.7. The molecular weight excluding hydrogens is 324 g/mol. The zero-order valence-corrected chi connectivity index (χ0v) is 15.8. The molecule has 0 aromatic heterocycles. The van der Waals surface area contributed by atoms with Gasteiger partial charge in [-0.1, -0.05) is 31.6 Å². The van der Waals surface area contributed by atoms with Crippen LogP contribution in [0.3, 0.4) is 0 Å². The second-order valence-corrected chi connectivity index (χ2v) is 9.31. The van der Waals surface area contributed by atoms with Gasteiger partial charge in [0.05, 0.1) is 6.61 Å². The van der Waals surface area contributed by atoms with Gasteiger partial charge >= 0.3 is 0 Å². The predicted molar refractivity (Wildman–Crippen MR) is 100 cm³/mol. The van der Waals surface area contributed by atoms with Gasteiger partial charge in [-0.2, -0.15) is 0 Å². The highest BCUT2D eigenvalue weighted by molar-refractivity contribution is 6.01. The maximum Gasteiger partial charge on any atom is 0.178 e. The lowest BCUT2D eigenvalue weighted by atomic mass is 9.50. The summed E-state index contributed by atoms with van der Waals surface area (Å²) in [6.07, 6.45) is 19.2. The van der Waals surface area contributed by atoms with Crippen molar-refractivity contribution in [3.8, 4) is 0 Å². The molecule has 1 saturated heterocycles. The van der Waals surface area contributed by atoms with Crippen molar-refractivity contribution in [3.63, 3.8) is 0 Å². The minimum atomic E-state index is 0.0253. The van der Waals surface area contributed by atoms with Crippen LogP contribution < -0.4 is 0 Å². The molecule has 0 bridgehead atoms. The Morgan fingerprint density at radius 3 is 2.92 bits per heavy atom. The van der Waals surface area contributed by atoms with Crippen molar-refractivity contribution in [3.05, 3.63) is 36.0 Å². The van der Waals surface area contributed by atoms with Crippen LogP contribution in [0.4, 0.5) is 0 Å². The van der Waals surface area contributed by atoms with Crippen molar-refractivity contribution in [1.29, 1.82) is 0 Å². The molecule has 3 nitrogen and oxygen atoms in total. The molecule has 3 heteroatoms. The van der Waals surface area contributed by atoms with Crippen LogP contribution in [0, 0.1) is 28.6 Å². The van der Waals surface area contributed by atoms with E-state index in [0.29, 0.717) is 23.2 Å². The highest BCUT2D eigenvalue weighted by Crippen LogP contribution is 2.63. The Kier molecular flexibility index (Phi) is 4.02. The van der Waals surface area contributed by atoms with Gasteiger partial charge in [-0.3, -0.25) is 4.79 Å². The van der Waals surface area contributed by atoms with E-state index in [4.69, 9.17) is 9.47 Å². The number of allylic oxidation sites excluding steroid dienone is 6. The molecule has 0 aromatic carbocycles. The van der Waals surface area contributed by atoms with Crippen LogP contribution in [0.15, 0.2) is 36.0 Å². The first kappa shape index (κ1) is 16.9. The third-order valence-corrected chi connectivity index (χ3v) is 8.09. The average molecular weight is 354 g/mol. The zero-order chi connectivity index (χ0) is 17.8. The predicted octanol–water partition coefficient (Wildman–Crippen LogP) is 4.59. The van der Waals surface area contributed by atoms with Gasteiger partial charge in [0.15, 0.2) is 12.1 Å². The lowest BCUT2D eigenvalue weighted by molar-refractivity contribution is -0.152. The molecule has 4 aliphatic carbocycles. The molecule has 1 unspecified atom stereocenters. The Morgan fingerprint density at radius 1 is 1.15 bits per heavy atom. The number of ketones is 1. The van der Waals surface area contributed by atoms with Crippen LogP contribution >= 0.6 is 0 Å². The van der Waals surface area contributed by atoms with E-state index in [1.54, 1.807) is 6.08 Å². The van der Waals surface area contributed by atoms with E-state index in [9.17, 15) is 4.79 Å². The van der Waals surface area contributed by atoms with Crippen LogP contribution in [0.25, 0.3) is 0 Å². The summed E-state index contributed by atoms with van der Waals surface area (Å²) in [5, 5.41) is 0. The minimum absolute atomic E-state index is 0.0253. The molecular formula is C23H30O3. The number of rotatable bonds is 3. The Bertz CT molecular complexity index is 684. The molecule has 0 N–H and O–H groups in total. The summed E-state index contributed by atoms with van der Waals surface area (Å²) >= 11 is 0. The summed E-state index contributed by atoms with van der Waals surface area (Å²) < 4.78 is 12.0. The largest absolute Gasteiger partial charge is 0.353 e. The Hall–Kier alpha value is -1.19. The molecule has 5 rings (SSSR count). The van der Waals surface area contributed by atoms with Gasteiger partial charge in [0, 0.05) is 18.4 Å². The number of fused-ring (bicyclic) bond motifs is 5. The molecule has 0 aromatic rings. The number of carbonyl (C=O) groups excluding carboxylic acids is 1. The van der Waals surface area contributed by atoms with Gasteiger partial charge in [-0.05, 0) is 73.0 Å². The van der Waals surface area contributed by atoms with Gasteiger partial charge in [0.2, 0.25) is 0 Å². The summed E-state index contributed by atoms with van der Waals surface area (Å²) in [6, 6.07) is 0. The second kappa shape index (κ2) is 6.17. The summed E-state index contributed by atoms with van der Waals surface area (Å²) in [5.41, 5.74) is 1.58. The number of hydrogen-bond acceptors (Lipinski definition) is 3. The molecule has 0 amide bonds. The van der Waals surface area contributed by atoms with E-state index in [-0.39, 0.29) is 17.5 Å². The molecule has 26 heavy (non-hydrogen) atoms. The van der Waals surface area contributed by atoms with Gasteiger partial charge in [0.25, 0.3) is 0 Å². The second-order valence-electron chi connectivity index (χ2n) is 9.31. The molecule has 0 radical (unpaired) electrons. The van der Waals surface area contributed by atoms with E-state index in [1.807, 2.05) is 6.08 Å². The summed E-state index contributed by atoms with van der Waals surface area (Å²) in [4.78, 5) is 11.8. The molecule has 140 valence electrons. The average Bonchev–Trinajstić information content (AvgIpc) is 3.30. The lowest BCUT2D eigenvalue weighted by Crippen LogP contribution is -2.49. The maximum absolute atomic E-state index is 11.8. The van der Waals surface area contributed by atoms with Crippen molar-refractivity contribution in [1.82, 2.24) is 0 Å². The minimum Gasteiger partial charge on any atom is -0.353 e. The topological polar surface area (TPSA) is 35.5 Å². The van der Waals surface area contributed by atoms with Crippen molar-refractivity contribution in [2.45, 2.75) is 58.2 Å². The fourth-order valence-corrected chi connectivity index (χ4v) is 6.64. The van der Waals surface area contributed by atoms with E-state index in [0.717, 1.165) is 26.1 Å². The highest BCUT2D eigenvalue weighted by Gasteiger charge is 2.56. The van der Waals surface area contributed by atoms with Crippen molar-refractivity contribution >= 4 is 5.78 Å². The van der Waals surface area contributed by atoms with Gasteiger partial charge in [-0.25, -0.2) is 0 Å². The fraction of sp³-hybridized carbons (Fsp3) is 0.696. The summed E-state index contributed by atoms with van der Waals surface area (Å²) in [7, 11) is 0. The van der Waals surface area contributed by atoms with Crippen LogP contribution in [-0.2, 0) is 14.3 Å². The quantitative estimate of drug-likeness (QED) is 0.743. The lowest BCUT2D eigenvalue weighted by Gasteiger charge is -2.54. The third kappa shape index (κ3) is 2.51. The molecule has 2 saturated carbocycles. The summed E-state index contributed by atoms with van der Waals surface area (Å²) in [6.45, 7) is 4.06. The summed E-state index contributed by atoms with van der Waals surface area (Å²) in [5.74, 6) is 2.07. The van der Waals surface area contributed by atoms with Crippen molar-refractivity contribution < 1.29 is 14.3 Å². The Labute approximate surface area is 156 Å². The molecule has 0 spiro atoms.